The number of allylic oxidation sites excluding steroid dienone is 1. The van der Waals surface area contributed by atoms with Crippen LogP contribution in [-0.2, 0) is 9.53 Å². The van der Waals surface area contributed by atoms with Crippen LogP contribution in [0.1, 0.15) is 79.6 Å². The van der Waals surface area contributed by atoms with Gasteiger partial charge in [-0.05, 0) is 75.0 Å². The van der Waals surface area contributed by atoms with Gasteiger partial charge in [0.1, 0.15) is 6.10 Å². The van der Waals surface area contributed by atoms with Gasteiger partial charge in [0.25, 0.3) is 0 Å². The molecule has 3 fully saturated rings. The molecular weight excluding hydrogens is 348 g/mol. The molecule has 0 unspecified atom stereocenters. The van der Waals surface area contributed by atoms with E-state index in [4.69, 9.17) is 4.74 Å². The maximum atomic E-state index is 12.7. The van der Waals surface area contributed by atoms with Crippen LogP contribution >= 0.6 is 0 Å². The number of ether oxygens (including phenoxy) is 1. The van der Waals surface area contributed by atoms with Crippen molar-refractivity contribution < 1.29 is 14.6 Å². The second-order valence-electron chi connectivity index (χ2n) is 11.1. The van der Waals surface area contributed by atoms with E-state index in [-0.39, 0.29) is 33.7 Å². The lowest BCUT2D eigenvalue weighted by Crippen LogP contribution is -2.62. The second kappa shape index (κ2) is 6.45. The van der Waals surface area contributed by atoms with E-state index in [0.29, 0.717) is 24.0 Å². The molecule has 3 nitrogen and oxygen atoms in total. The minimum atomic E-state index is -0.154. The summed E-state index contributed by atoms with van der Waals surface area (Å²) in [5.74, 6) is 0.931. The summed E-state index contributed by atoms with van der Waals surface area (Å²) < 4.78 is 6.28. The number of aliphatic hydroxyl groups is 1. The Kier molecular flexibility index (Phi) is 4.65. The number of fused-ring (bicyclic) bond motifs is 3. The fraction of sp³-hybridized carbons (Fsp3) is 0.800. The van der Waals surface area contributed by atoms with Gasteiger partial charge < -0.3 is 9.84 Å². The molecule has 0 heterocycles. The van der Waals surface area contributed by atoms with Crippen LogP contribution in [-0.4, -0.2) is 23.8 Å². The average molecular weight is 387 g/mol. The SMILES string of the molecule is C/C=C(\C)C(=O)O[C@@H]1[C@]23C=C[C@@]1(C)CC[C@@H]2[C@]1(C)CCC[C@@](C)(CO)[C@H]1CC3. The zero-order chi connectivity index (χ0) is 20.4. The molecule has 0 aromatic rings. The first-order valence-corrected chi connectivity index (χ1v) is 11.3. The summed E-state index contributed by atoms with van der Waals surface area (Å²) in [6, 6.07) is 0. The highest BCUT2D eigenvalue weighted by molar-refractivity contribution is 5.87. The molecule has 2 bridgehead atoms. The van der Waals surface area contributed by atoms with Crippen molar-refractivity contribution in [2.75, 3.05) is 6.61 Å². The van der Waals surface area contributed by atoms with E-state index in [2.05, 4.69) is 32.9 Å². The number of hydrogen-bond acceptors (Lipinski definition) is 3. The van der Waals surface area contributed by atoms with Crippen LogP contribution in [0.15, 0.2) is 23.8 Å². The van der Waals surface area contributed by atoms with Crippen LogP contribution in [0.2, 0.25) is 0 Å². The standard InChI is InChI=1S/C25H38O3/c1-6-17(2)20(27)28-21-22(3)12-8-19-24(5)11-7-10-23(4,16-26)18(24)9-13-25(19,21)15-14-22/h6,14-15,18-19,21,26H,7-13,16H2,1-5H3/b17-6+/t18-,19-,21+,22-,23+,24-,25-/m1/s1. The van der Waals surface area contributed by atoms with Gasteiger partial charge in [-0.15, -0.1) is 0 Å². The smallest absolute Gasteiger partial charge is 0.333 e. The van der Waals surface area contributed by atoms with Crippen LogP contribution in [0.5, 0.6) is 0 Å². The summed E-state index contributed by atoms with van der Waals surface area (Å²) in [5.41, 5.74) is 0.871. The molecule has 1 N–H and O–H groups in total. The maximum absolute atomic E-state index is 12.7. The number of esters is 1. The molecule has 4 aliphatic rings. The molecule has 3 heteroatoms. The molecule has 0 aromatic carbocycles. The largest absolute Gasteiger partial charge is 0.457 e. The topological polar surface area (TPSA) is 46.5 Å². The van der Waals surface area contributed by atoms with Gasteiger partial charge in [-0.1, -0.05) is 45.4 Å². The van der Waals surface area contributed by atoms with Gasteiger partial charge in [0.2, 0.25) is 0 Å². The zero-order valence-corrected chi connectivity index (χ0v) is 18.4. The van der Waals surface area contributed by atoms with Crippen LogP contribution < -0.4 is 0 Å². The fourth-order valence-electron chi connectivity index (χ4n) is 7.96. The second-order valence-corrected chi connectivity index (χ2v) is 11.1. The van der Waals surface area contributed by atoms with E-state index in [1.54, 1.807) is 0 Å². The predicted molar refractivity (Wildman–Crippen MR) is 112 cm³/mol. The van der Waals surface area contributed by atoms with Crippen molar-refractivity contribution in [3.63, 3.8) is 0 Å². The van der Waals surface area contributed by atoms with E-state index in [9.17, 15) is 9.90 Å². The van der Waals surface area contributed by atoms with Gasteiger partial charge in [0.15, 0.2) is 0 Å². The van der Waals surface area contributed by atoms with Crippen LogP contribution in [0.25, 0.3) is 0 Å². The Labute approximate surface area is 170 Å². The predicted octanol–water partition coefficient (Wildman–Crippen LogP) is 5.44. The highest BCUT2D eigenvalue weighted by atomic mass is 16.5. The first-order valence-electron chi connectivity index (χ1n) is 11.3. The lowest BCUT2D eigenvalue weighted by molar-refractivity contribution is -0.206. The van der Waals surface area contributed by atoms with Gasteiger partial charge in [-0.2, -0.15) is 0 Å². The lowest BCUT2D eigenvalue weighted by atomic mass is 9.40. The van der Waals surface area contributed by atoms with Crippen LogP contribution in [0, 0.1) is 33.5 Å². The van der Waals surface area contributed by atoms with Gasteiger partial charge in [-0.3, -0.25) is 0 Å². The summed E-state index contributed by atoms with van der Waals surface area (Å²) in [7, 11) is 0. The Morgan fingerprint density at radius 1 is 1.11 bits per heavy atom. The molecule has 7 atom stereocenters. The lowest BCUT2D eigenvalue weighted by Gasteiger charge is -2.65. The van der Waals surface area contributed by atoms with E-state index >= 15 is 0 Å². The highest BCUT2D eigenvalue weighted by Crippen LogP contribution is 2.72. The number of aliphatic hydroxyl groups excluding tert-OH is 1. The van der Waals surface area contributed by atoms with E-state index < -0.39 is 0 Å². The fourth-order valence-corrected chi connectivity index (χ4v) is 7.96. The molecule has 0 saturated heterocycles. The van der Waals surface area contributed by atoms with Crippen molar-refractivity contribution in [3.8, 4) is 0 Å². The average Bonchev–Trinajstić information content (AvgIpc) is 2.83. The molecule has 28 heavy (non-hydrogen) atoms. The monoisotopic (exact) mass is 386 g/mol. The van der Waals surface area contributed by atoms with Crippen molar-refractivity contribution in [2.45, 2.75) is 85.7 Å². The maximum Gasteiger partial charge on any atom is 0.333 e. The van der Waals surface area contributed by atoms with Crippen molar-refractivity contribution >= 4 is 5.97 Å². The molecule has 3 saturated carbocycles. The third-order valence-electron chi connectivity index (χ3n) is 9.59. The molecule has 156 valence electrons. The van der Waals surface area contributed by atoms with Gasteiger partial charge in [-0.25, -0.2) is 4.79 Å². The number of carbonyl (C=O) groups is 1. The first kappa shape index (κ1) is 20.2. The van der Waals surface area contributed by atoms with Gasteiger partial charge in [0, 0.05) is 23.0 Å². The molecule has 4 aliphatic carbocycles. The Balaban J connectivity index is 1.73. The highest BCUT2D eigenvalue weighted by Gasteiger charge is 2.68. The van der Waals surface area contributed by atoms with Crippen molar-refractivity contribution in [3.05, 3.63) is 23.8 Å². The van der Waals surface area contributed by atoms with Crippen LogP contribution in [0.4, 0.5) is 0 Å². The summed E-state index contributed by atoms with van der Waals surface area (Å²) >= 11 is 0. The van der Waals surface area contributed by atoms with Crippen LogP contribution in [0.3, 0.4) is 0 Å². The molecule has 0 amide bonds. The number of hydrogen-bond donors (Lipinski definition) is 1. The Morgan fingerprint density at radius 2 is 1.82 bits per heavy atom. The normalized spacial score (nSPS) is 50.1. The van der Waals surface area contributed by atoms with Gasteiger partial charge >= 0.3 is 5.97 Å². The molecule has 4 rings (SSSR count). The Bertz CT molecular complexity index is 723. The van der Waals surface area contributed by atoms with E-state index in [1.807, 2.05) is 19.9 Å². The Hall–Kier alpha value is -1.09. The summed E-state index contributed by atoms with van der Waals surface area (Å²) in [5, 5.41) is 10.2. The van der Waals surface area contributed by atoms with Gasteiger partial charge in [0.05, 0.1) is 0 Å². The van der Waals surface area contributed by atoms with E-state index in [0.717, 1.165) is 25.7 Å². The van der Waals surface area contributed by atoms with E-state index in [1.165, 1.54) is 19.3 Å². The zero-order valence-electron chi connectivity index (χ0n) is 18.4. The third kappa shape index (κ3) is 2.54. The first-order chi connectivity index (χ1) is 13.2. The minimum Gasteiger partial charge on any atom is -0.457 e. The summed E-state index contributed by atoms with van der Waals surface area (Å²) in [4.78, 5) is 12.7. The van der Waals surface area contributed by atoms with Crippen molar-refractivity contribution in [2.24, 2.45) is 33.5 Å². The third-order valence-corrected chi connectivity index (χ3v) is 9.59. The summed E-state index contributed by atoms with van der Waals surface area (Å²) in [6.45, 7) is 11.1. The Morgan fingerprint density at radius 3 is 2.50 bits per heavy atom. The molecule has 0 aromatic heterocycles. The minimum absolute atomic E-state index is 0.0321. The van der Waals surface area contributed by atoms with Crippen molar-refractivity contribution in [1.29, 1.82) is 0 Å². The summed E-state index contributed by atoms with van der Waals surface area (Å²) in [6.07, 6.45) is 14.7. The molecular formula is C25H38O3. The van der Waals surface area contributed by atoms with Crippen molar-refractivity contribution in [1.82, 2.24) is 0 Å². The quantitative estimate of drug-likeness (QED) is 0.399. The number of carbonyl (C=O) groups excluding carboxylic acids is 1. The number of rotatable bonds is 3. The molecule has 0 aliphatic heterocycles. The molecule has 1 spiro atoms. The molecule has 0 radical (unpaired) electrons.